The van der Waals surface area contributed by atoms with Crippen molar-refractivity contribution in [3.63, 3.8) is 0 Å². The Morgan fingerprint density at radius 1 is 1.12 bits per heavy atom. The van der Waals surface area contributed by atoms with E-state index in [0.717, 1.165) is 0 Å². The molecule has 0 aliphatic heterocycles. The average molecular weight is 244 g/mol. The molecule has 6 nitrogen and oxygen atoms in total. The van der Waals surface area contributed by atoms with Crippen LogP contribution < -0.4 is 11.1 Å². The van der Waals surface area contributed by atoms with Crippen molar-refractivity contribution in [2.45, 2.75) is 46.1 Å². The van der Waals surface area contributed by atoms with Crippen LogP contribution in [0.5, 0.6) is 0 Å². The van der Waals surface area contributed by atoms with E-state index in [1.165, 1.54) is 13.8 Å². The highest BCUT2D eigenvalue weighted by Crippen LogP contribution is 2.25. The minimum Gasteiger partial charge on any atom is -0.481 e. The van der Waals surface area contributed by atoms with Gasteiger partial charge in [-0.3, -0.25) is 14.4 Å². The predicted molar refractivity (Wildman–Crippen MR) is 62.1 cm³/mol. The molecule has 0 aromatic rings. The smallest absolute Gasteiger partial charge is 0.303 e. The molecule has 2 amide bonds. The van der Waals surface area contributed by atoms with E-state index in [0.29, 0.717) is 0 Å². The summed E-state index contributed by atoms with van der Waals surface area (Å²) in [7, 11) is 0. The van der Waals surface area contributed by atoms with Gasteiger partial charge in [-0.25, -0.2) is 0 Å². The molecule has 0 fully saturated rings. The van der Waals surface area contributed by atoms with Crippen LogP contribution in [-0.4, -0.2) is 28.4 Å². The highest BCUT2D eigenvalue weighted by molar-refractivity contribution is 5.89. The third kappa shape index (κ3) is 5.89. The number of hydrogen-bond donors (Lipinski definition) is 3. The Morgan fingerprint density at radius 3 is 1.94 bits per heavy atom. The number of nitrogens with two attached hydrogens (primary N) is 1. The van der Waals surface area contributed by atoms with Gasteiger partial charge in [0.25, 0.3) is 0 Å². The number of carboxylic acid groups (broad SMARTS) is 1. The van der Waals surface area contributed by atoms with Crippen LogP contribution in [0.1, 0.15) is 40.5 Å². The van der Waals surface area contributed by atoms with E-state index < -0.39 is 22.8 Å². The Balaban J connectivity index is 4.46. The Kier molecular flexibility index (Phi) is 4.68. The van der Waals surface area contributed by atoms with E-state index in [1.807, 2.05) is 0 Å². The number of rotatable bonds is 6. The van der Waals surface area contributed by atoms with Crippen molar-refractivity contribution in [1.82, 2.24) is 5.32 Å². The topological polar surface area (TPSA) is 109 Å². The lowest BCUT2D eigenvalue weighted by atomic mass is 9.85. The van der Waals surface area contributed by atoms with Crippen molar-refractivity contribution in [3.8, 4) is 0 Å². The summed E-state index contributed by atoms with van der Waals surface area (Å²) in [6.45, 7) is 6.35. The number of primary amides is 1. The quantitative estimate of drug-likeness (QED) is 0.622. The van der Waals surface area contributed by atoms with Crippen LogP contribution >= 0.6 is 0 Å². The molecule has 0 heterocycles. The fourth-order valence-corrected chi connectivity index (χ4v) is 1.36. The minimum absolute atomic E-state index is 0.0238. The van der Waals surface area contributed by atoms with Gasteiger partial charge in [-0.15, -0.1) is 0 Å². The number of nitrogens with one attached hydrogen (secondary N) is 1. The summed E-state index contributed by atoms with van der Waals surface area (Å²) >= 11 is 0. The van der Waals surface area contributed by atoms with Crippen LogP contribution in [0, 0.1) is 5.41 Å². The Hall–Kier alpha value is -1.59. The Morgan fingerprint density at radius 2 is 1.59 bits per heavy atom. The van der Waals surface area contributed by atoms with Gasteiger partial charge in [0, 0.05) is 6.42 Å². The van der Waals surface area contributed by atoms with Crippen LogP contribution in [0.25, 0.3) is 0 Å². The van der Waals surface area contributed by atoms with Crippen LogP contribution in [-0.2, 0) is 14.4 Å². The van der Waals surface area contributed by atoms with Crippen molar-refractivity contribution < 1.29 is 19.5 Å². The highest BCUT2D eigenvalue weighted by atomic mass is 16.4. The SMILES string of the molecule is CC(C)(CC(=O)O)CC(=O)NC(C)(C)C(N)=O. The summed E-state index contributed by atoms with van der Waals surface area (Å²) in [5.41, 5.74) is 3.32. The molecule has 0 spiro atoms. The standard InChI is InChI=1S/C11H20N2O4/c1-10(2,6-8(15)16)5-7(14)13-11(3,4)9(12)17/h5-6H2,1-4H3,(H2,12,17)(H,13,14)(H,15,16). The van der Waals surface area contributed by atoms with Gasteiger partial charge in [-0.05, 0) is 19.3 Å². The fraction of sp³-hybridized carbons (Fsp3) is 0.727. The van der Waals surface area contributed by atoms with Crippen molar-refractivity contribution >= 4 is 17.8 Å². The molecule has 0 atom stereocenters. The summed E-state index contributed by atoms with van der Waals surface area (Å²) in [5, 5.41) is 11.2. The molecule has 0 aromatic carbocycles. The lowest BCUT2D eigenvalue weighted by Gasteiger charge is -2.26. The molecule has 0 aliphatic rings. The molecule has 0 saturated carbocycles. The molecule has 98 valence electrons. The normalized spacial score (nSPS) is 12.0. The van der Waals surface area contributed by atoms with E-state index in [9.17, 15) is 14.4 Å². The number of carboxylic acids is 1. The minimum atomic E-state index is -1.13. The zero-order chi connectivity index (χ0) is 13.9. The first kappa shape index (κ1) is 15.4. The van der Waals surface area contributed by atoms with Crippen molar-refractivity contribution in [2.75, 3.05) is 0 Å². The van der Waals surface area contributed by atoms with Gasteiger partial charge >= 0.3 is 5.97 Å². The molecular formula is C11H20N2O4. The summed E-state index contributed by atoms with van der Waals surface area (Å²) in [4.78, 5) is 33.2. The fourth-order valence-electron chi connectivity index (χ4n) is 1.36. The van der Waals surface area contributed by atoms with Gasteiger partial charge in [-0.2, -0.15) is 0 Å². The third-order valence-corrected chi connectivity index (χ3v) is 2.34. The summed E-state index contributed by atoms with van der Waals surface area (Å²) < 4.78 is 0. The first-order valence-corrected chi connectivity index (χ1v) is 5.29. The molecular weight excluding hydrogens is 224 g/mol. The van der Waals surface area contributed by atoms with Crippen molar-refractivity contribution in [2.24, 2.45) is 11.1 Å². The molecule has 0 unspecified atom stereocenters. The first-order chi connectivity index (χ1) is 7.46. The van der Waals surface area contributed by atoms with Crippen LogP contribution in [0.3, 0.4) is 0 Å². The Bertz CT molecular complexity index is 334. The van der Waals surface area contributed by atoms with Crippen molar-refractivity contribution in [3.05, 3.63) is 0 Å². The molecule has 0 saturated heterocycles. The van der Waals surface area contributed by atoms with Gasteiger partial charge < -0.3 is 16.2 Å². The molecule has 0 aliphatic carbocycles. The summed E-state index contributed by atoms with van der Waals surface area (Å²) in [5.74, 6) is -1.99. The second-order valence-corrected chi connectivity index (χ2v) is 5.45. The third-order valence-electron chi connectivity index (χ3n) is 2.34. The second kappa shape index (κ2) is 5.16. The molecule has 4 N–H and O–H groups in total. The molecule has 0 rings (SSSR count). The molecule has 0 radical (unpaired) electrons. The van der Waals surface area contributed by atoms with E-state index in [4.69, 9.17) is 10.8 Å². The zero-order valence-corrected chi connectivity index (χ0v) is 10.7. The van der Waals surface area contributed by atoms with Gasteiger partial charge in [-0.1, -0.05) is 13.8 Å². The van der Waals surface area contributed by atoms with Crippen LogP contribution in [0.15, 0.2) is 0 Å². The Labute approximate surface area is 101 Å². The molecule has 17 heavy (non-hydrogen) atoms. The van der Waals surface area contributed by atoms with Crippen molar-refractivity contribution in [1.29, 1.82) is 0 Å². The van der Waals surface area contributed by atoms with Gasteiger partial charge in [0.1, 0.15) is 5.54 Å². The van der Waals surface area contributed by atoms with Crippen LogP contribution in [0.2, 0.25) is 0 Å². The van der Waals surface area contributed by atoms with E-state index in [2.05, 4.69) is 5.32 Å². The maximum Gasteiger partial charge on any atom is 0.303 e. The predicted octanol–water partition coefficient (Wildman–Crippen LogP) is 0.258. The number of aliphatic carboxylic acids is 1. The molecule has 0 bridgehead atoms. The first-order valence-electron chi connectivity index (χ1n) is 5.29. The average Bonchev–Trinajstić information content (AvgIpc) is 1.96. The van der Waals surface area contributed by atoms with Crippen LogP contribution in [0.4, 0.5) is 0 Å². The van der Waals surface area contributed by atoms with E-state index in [1.54, 1.807) is 13.8 Å². The second-order valence-electron chi connectivity index (χ2n) is 5.45. The highest BCUT2D eigenvalue weighted by Gasteiger charge is 2.30. The maximum absolute atomic E-state index is 11.6. The lowest BCUT2D eigenvalue weighted by molar-refractivity contribution is -0.140. The summed E-state index contributed by atoms with van der Waals surface area (Å²) in [6, 6.07) is 0. The van der Waals surface area contributed by atoms with E-state index >= 15 is 0 Å². The maximum atomic E-state index is 11.6. The monoisotopic (exact) mass is 244 g/mol. The lowest BCUT2D eigenvalue weighted by Crippen LogP contribution is -2.53. The molecule has 0 aromatic heterocycles. The number of carbonyl (C=O) groups is 3. The molecule has 6 heteroatoms. The van der Waals surface area contributed by atoms with Gasteiger partial charge in [0.2, 0.25) is 11.8 Å². The van der Waals surface area contributed by atoms with Gasteiger partial charge in [0.05, 0.1) is 6.42 Å². The number of hydrogen-bond acceptors (Lipinski definition) is 3. The number of amides is 2. The number of carbonyl (C=O) groups excluding carboxylic acids is 2. The van der Waals surface area contributed by atoms with E-state index in [-0.39, 0.29) is 18.7 Å². The summed E-state index contributed by atoms with van der Waals surface area (Å²) in [6.07, 6.45) is -0.0899. The van der Waals surface area contributed by atoms with Gasteiger partial charge in [0.15, 0.2) is 0 Å². The largest absolute Gasteiger partial charge is 0.481 e. The zero-order valence-electron chi connectivity index (χ0n) is 10.7.